The van der Waals surface area contributed by atoms with E-state index in [1.807, 2.05) is 13.8 Å². The molecule has 1 fully saturated rings. The van der Waals surface area contributed by atoms with Crippen molar-refractivity contribution in [2.45, 2.75) is 56.5 Å². The number of hydrogen-bond acceptors (Lipinski definition) is 4. The molecule has 1 heterocycles. The van der Waals surface area contributed by atoms with Crippen molar-refractivity contribution in [2.75, 3.05) is 0 Å². The molecule has 4 atom stereocenters. The summed E-state index contributed by atoms with van der Waals surface area (Å²) in [6.45, 7) is 6.96. The van der Waals surface area contributed by atoms with Crippen LogP contribution in [0.25, 0.3) is 0 Å². The second-order valence-corrected chi connectivity index (χ2v) is 5.93. The topological polar surface area (TPSA) is 55.8 Å². The number of rotatable bonds is 3. The maximum atomic E-state index is 11.0. The van der Waals surface area contributed by atoms with Gasteiger partial charge in [-0.15, -0.1) is 0 Å². The molecule has 1 saturated heterocycles. The van der Waals surface area contributed by atoms with Gasteiger partial charge in [-0.05, 0) is 19.8 Å². The maximum Gasteiger partial charge on any atom is 0.302 e. The minimum atomic E-state index is -1.21. The third-order valence-corrected chi connectivity index (χ3v) is 4.21. The first kappa shape index (κ1) is 14.2. The Labute approximate surface area is 110 Å². The van der Waals surface area contributed by atoms with Crippen LogP contribution in [0.3, 0.4) is 0 Å². The lowest BCUT2D eigenvalue weighted by Gasteiger charge is -2.40. The predicted molar refractivity (Wildman–Crippen MR) is 68.1 cm³/mol. The third kappa shape index (κ3) is 2.36. The second kappa shape index (κ2) is 4.78. The molecule has 1 N–H and O–H groups in total. The largest absolute Gasteiger partial charge is 0.462 e. The van der Waals surface area contributed by atoms with Crippen molar-refractivity contribution < 1.29 is 19.4 Å². The minimum Gasteiger partial charge on any atom is -0.462 e. The highest BCUT2D eigenvalue weighted by molar-refractivity contribution is 14.1. The normalized spacial score (nSPS) is 40.8. The van der Waals surface area contributed by atoms with E-state index in [1.54, 1.807) is 6.92 Å². The fourth-order valence-electron chi connectivity index (χ4n) is 2.23. The van der Waals surface area contributed by atoms with Gasteiger partial charge in [0.15, 0.2) is 5.79 Å². The summed E-state index contributed by atoms with van der Waals surface area (Å²) in [4.78, 5) is 11.0. The standard InChI is InChI=1S/C11H19IO4/c1-5-11(14)10(4,6-9(12)16-11)7(2)15-8(3)13/h7,9,14H,5-6H2,1-4H3/t7-,9?,10?,11+/m0/s1. The van der Waals surface area contributed by atoms with Gasteiger partial charge in [-0.3, -0.25) is 4.79 Å². The molecule has 0 aromatic carbocycles. The Balaban J connectivity index is 2.92. The average molecular weight is 342 g/mol. The number of alkyl halides is 1. The van der Waals surface area contributed by atoms with Crippen molar-refractivity contribution in [3.05, 3.63) is 0 Å². The number of halogens is 1. The Hall–Kier alpha value is 0.120. The van der Waals surface area contributed by atoms with Gasteiger partial charge in [0, 0.05) is 6.92 Å². The van der Waals surface area contributed by atoms with E-state index >= 15 is 0 Å². The van der Waals surface area contributed by atoms with E-state index in [2.05, 4.69) is 22.6 Å². The Bertz CT molecular complexity index is 283. The first-order valence-corrected chi connectivity index (χ1v) is 6.71. The van der Waals surface area contributed by atoms with E-state index in [9.17, 15) is 9.90 Å². The van der Waals surface area contributed by atoms with E-state index < -0.39 is 11.2 Å². The highest BCUT2D eigenvalue weighted by atomic mass is 127. The quantitative estimate of drug-likeness (QED) is 0.486. The van der Waals surface area contributed by atoms with E-state index in [0.29, 0.717) is 12.8 Å². The smallest absolute Gasteiger partial charge is 0.302 e. The molecule has 0 aromatic heterocycles. The van der Waals surface area contributed by atoms with Crippen molar-refractivity contribution in [3.8, 4) is 0 Å². The summed E-state index contributed by atoms with van der Waals surface area (Å²) in [7, 11) is 0. The van der Waals surface area contributed by atoms with E-state index in [1.165, 1.54) is 6.92 Å². The average Bonchev–Trinajstić information content (AvgIpc) is 2.38. The Morgan fingerprint density at radius 2 is 2.31 bits per heavy atom. The van der Waals surface area contributed by atoms with Crippen LogP contribution >= 0.6 is 22.6 Å². The van der Waals surface area contributed by atoms with Gasteiger partial charge >= 0.3 is 5.97 Å². The molecule has 16 heavy (non-hydrogen) atoms. The SMILES string of the molecule is CC[C@@]1(O)OC(I)CC1(C)[C@H](C)OC(C)=O. The number of carbonyl (C=O) groups is 1. The van der Waals surface area contributed by atoms with Crippen LogP contribution in [0.15, 0.2) is 0 Å². The van der Waals surface area contributed by atoms with Crippen LogP contribution in [-0.4, -0.2) is 27.1 Å². The molecule has 0 aromatic rings. The molecule has 4 nitrogen and oxygen atoms in total. The number of hydrogen-bond donors (Lipinski definition) is 1. The molecule has 0 spiro atoms. The lowest BCUT2D eigenvalue weighted by atomic mass is 9.74. The lowest BCUT2D eigenvalue weighted by Crippen LogP contribution is -2.50. The van der Waals surface area contributed by atoms with Gasteiger partial charge in [-0.25, -0.2) is 0 Å². The summed E-state index contributed by atoms with van der Waals surface area (Å²) >= 11 is 2.15. The monoisotopic (exact) mass is 342 g/mol. The first-order valence-electron chi connectivity index (χ1n) is 5.46. The fraction of sp³-hybridized carbons (Fsp3) is 0.909. The number of ether oxygens (including phenoxy) is 2. The zero-order chi connectivity index (χ0) is 12.6. The van der Waals surface area contributed by atoms with Crippen LogP contribution in [0.4, 0.5) is 0 Å². The van der Waals surface area contributed by atoms with Crippen LogP contribution in [0.2, 0.25) is 0 Å². The lowest BCUT2D eigenvalue weighted by molar-refractivity contribution is -0.249. The third-order valence-electron chi connectivity index (χ3n) is 3.52. The van der Waals surface area contributed by atoms with Crippen molar-refractivity contribution in [3.63, 3.8) is 0 Å². The summed E-state index contributed by atoms with van der Waals surface area (Å²) in [5, 5.41) is 10.5. The van der Waals surface area contributed by atoms with E-state index in [-0.39, 0.29) is 16.2 Å². The Kier molecular flexibility index (Phi) is 4.23. The molecule has 0 aliphatic carbocycles. The summed E-state index contributed by atoms with van der Waals surface area (Å²) in [6.07, 6.45) is 0.788. The highest BCUT2D eigenvalue weighted by Gasteiger charge is 2.58. The molecule has 0 saturated carbocycles. The summed E-state index contributed by atoms with van der Waals surface area (Å²) in [5.74, 6) is -1.54. The van der Waals surface area contributed by atoms with Gasteiger partial charge in [0.05, 0.1) is 5.41 Å². The van der Waals surface area contributed by atoms with Crippen LogP contribution < -0.4 is 0 Å². The van der Waals surface area contributed by atoms with Crippen molar-refractivity contribution >= 4 is 28.6 Å². The van der Waals surface area contributed by atoms with E-state index in [0.717, 1.165) is 0 Å². The minimum absolute atomic E-state index is 0.0504. The molecule has 0 radical (unpaired) electrons. The molecule has 0 bridgehead atoms. The van der Waals surface area contributed by atoms with Crippen LogP contribution in [0.5, 0.6) is 0 Å². The van der Waals surface area contributed by atoms with E-state index in [4.69, 9.17) is 9.47 Å². The molecule has 94 valence electrons. The van der Waals surface area contributed by atoms with Crippen molar-refractivity contribution in [1.29, 1.82) is 0 Å². The summed E-state index contributed by atoms with van der Waals surface area (Å²) < 4.78 is 10.7. The van der Waals surface area contributed by atoms with Crippen molar-refractivity contribution in [1.82, 2.24) is 0 Å². The highest BCUT2D eigenvalue weighted by Crippen LogP contribution is 2.51. The summed E-state index contributed by atoms with van der Waals surface area (Å²) in [5.41, 5.74) is -0.556. The van der Waals surface area contributed by atoms with Crippen LogP contribution in [0, 0.1) is 5.41 Å². The number of aliphatic hydroxyl groups is 1. The Morgan fingerprint density at radius 3 is 2.75 bits per heavy atom. The molecule has 5 heteroatoms. The molecule has 1 rings (SSSR count). The van der Waals surface area contributed by atoms with Gasteiger partial charge < -0.3 is 14.6 Å². The molecule has 1 aliphatic rings. The summed E-state index contributed by atoms with van der Waals surface area (Å²) in [6, 6.07) is 0. The van der Waals surface area contributed by atoms with Crippen LogP contribution in [0.1, 0.15) is 40.5 Å². The van der Waals surface area contributed by atoms with Gasteiger partial charge in [-0.2, -0.15) is 0 Å². The zero-order valence-corrected chi connectivity index (χ0v) is 12.3. The van der Waals surface area contributed by atoms with Gasteiger partial charge in [0.2, 0.25) is 0 Å². The maximum absolute atomic E-state index is 11.0. The van der Waals surface area contributed by atoms with Gasteiger partial charge in [0.1, 0.15) is 10.2 Å². The predicted octanol–water partition coefficient (Wildman–Crippen LogP) is 2.22. The molecule has 1 aliphatic heterocycles. The number of esters is 1. The van der Waals surface area contributed by atoms with Crippen LogP contribution in [-0.2, 0) is 14.3 Å². The first-order chi connectivity index (χ1) is 7.25. The molecular weight excluding hydrogens is 323 g/mol. The fourth-order valence-corrected chi connectivity index (χ4v) is 3.57. The molecular formula is C11H19IO4. The zero-order valence-electron chi connectivity index (χ0n) is 10.1. The van der Waals surface area contributed by atoms with Gasteiger partial charge in [0.25, 0.3) is 0 Å². The molecule has 0 amide bonds. The van der Waals surface area contributed by atoms with Crippen molar-refractivity contribution in [2.24, 2.45) is 5.41 Å². The number of carbonyl (C=O) groups excluding carboxylic acids is 1. The molecule has 2 unspecified atom stereocenters. The second-order valence-electron chi connectivity index (χ2n) is 4.54. The Morgan fingerprint density at radius 1 is 1.75 bits per heavy atom. The van der Waals surface area contributed by atoms with Gasteiger partial charge in [-0.1, -0.05) is 36.4 Å².